The van der Waals surface area contributed by atoms with Crippen molar-refractivity contribution in [1.82, 2.24) is 15.5 Å². The summed E-state index contributed by atoms with van der Waals surface area (Å²) in [6.07, 6.45) is 0. The molecule has 2 amide bonds. The van der Waals surface area contributed by atoms with Crippen LogP contribution in [-0.2, 0) is 6.54 Å². The van der Waals surface area contributed by atoms with Gasteiger partial charge >= 0.3 is 6.03 Å². The Labute approximate surface area is 113 Å². The van der Waals surface area contributed by atoms with Crippen LogP contribution in [0.15, 0.2) is 18.2 Å². The van der Waals surface area contributed by atoms with Crippen LogP contribution in [0.25, 0.3) is 0 Å². The van der Waals surface area contributed by atoms with Gasteiger partial charge in [-0.1, -0.05) is 18.2 Å². The normalized spacial score (nSPS) is 14.6. The number of urea groups is 1. The summed E-state index contributed by atoms with van der Waals surface area (Å²) in [5, 5.41) is 5.92. The van der Waals surface area contributed by atoms with Crippen molar-refractivity contribution in [1.29, 1.82) is 0 Å². The Morgan fingerprint density at radius 1 is 1.47 bits per heavy atom. The SMILES string of the molecule is CNCc1cccc(C)c1OCCN1CCNC1=O. The highest BCUT2D eigenvalue weighted by Gasteiger charge is 2.19. The molecule has 5 nitrogen and oxygen atoms in total. The monoisotopic (exact) mass is 263 g/mol. The molecular weight excluding hydrogens is 242 g/mol. The molecule has 1 fully saturated rings. The number of rotatable bonds is 6. The summed E-state index contributed by atoms with van der Waals surface area (Å²) < 4.78 is 5.87. The summed E-state index contributed by atoms with van der Waals surface area (Å²) in [5.41, 5.74) is 2.27. The average molecular weight is 263 g/mol. The summed E-state index contributed by atoms with van der Waals surface area (Å²) in [6.45, 7) is 5.46. The first-order valence-electron chi connectivity index (χ1n) is 6.61. The van der Waals surface area contributed by atoms with Gasteiger partial charge in [-0.15, -0.1) is 0 Å². The molecule has 19 heavy (non-hydrogen) atoms. The fourth-order valence-corrected chi connectivity index (χ4v) is 2.23. The maximum atomic E-state index is 11.4. The maximum Gasteiger partial charge on any atom is 0.317 e. The lowest BCUT2D eigenvalue weighted by molar-refractivity contribution is 0.202. The van der Waals surface area contributed by atoms with E-state index in [1.807, 2.05) is 26.1 Å². The van der Waals surface area contributed by atoms with Crippen molar-refractivity contribution in [3.05, 3.63) is 29.3 Å². The van der Waals surface area contributed by atoms with Crippen LogP contribution in [0.3, 0.4) is 0 Å². The van der Waals surface area contributed by atoms with Gasteiger partial charge in [-0.2, -0.15) is 0 Å². The van der Waals surface area contributed by atoms with E-state index < -0.39 is 0 Å². The van der Waals surface area contributed by atoms with Gasteiger partial charge in [0.15, 0.2) is 0 Å². The number of nitrogens with one attached hydrogen (secondary N) is 2. The van der Waals surface area contributed by atoms with Gasteiger partial charge in [0.1, 0.15) is 12.4 Å². The Bertz CT molecular complexity index is 448. The lowest BCUT2D eigenvalue weighted by Gasteiger charge is -2.17. The lowest BCUT2D eigenvalue weighted by Crippen LogP contribution is -2.32. The molecule has 1 aromatic carbocycles. The number of amides is 2. The maximum absolute atomic E-state index is 11.4. The highest BCUT2D eigenvalue weighted by molar-refractivity contribution is 5.76. The molecular formula is C14H21N3O2. The number of hydrogen-bond acceptors (Lipinski definition) is 3. The van der Waals surface area contributed by atoms with Crippen LogP contribution >= 0.6 is 0 Å². The molecule has 0 bridgehead atoms. The molecule has 1 aliphatic heterocycles. The van der Waals surface area contributed by atoms with Crippen LogP contribution in [-0.4, -0.2) is 44.2 Å². The molecule has 0 atom stereocenters. The zero-order valence-electron chi connectivity index (χ0n) is 11.5. The van der Waals surface area contributed by atoms with Gasteiger partial charge < -0.3 is 20.3 Å². The smallest absolute Gasteiger partial charge is 0.317 e. The molecule has 0 aromatic heterocycles. The number of para-hydroxylation sites is 1. The molecule has 104 valence electrons. The third kappa shape index (κ3) is 3.38. The largest absolute Gasteiger partial charge is 0.491 e. The molecule has 0 radical (unpaired) electrons. The highest BCUT2D eigenvalue weighted by atomic mass is 16.5. The predicted molar refractivity (Wildman–Crippen MR) is 74.4 cm³/mol. The number of carbonyl (C=O) groups excluding carboxylic acids is 1. The number of hydrogen-bond donors (Lipinski definition) is 2. The summed E-state index contributed by atoms with van der Waals surface area (Å²) >= 11 is 0. The van der Waals surface area contributed by atoms with E-state index in [9.17, 15) is 4.79 Å². The first kappa shape index (κ1) is 13.7. The third-order valence-electron chi connectivity index (χ3n) is 3.21. The molecule has 1 saturated heterocycles. The van der Waals surface area contributed by atoms with E-state index in [1.165, 1.54) is 0 Å². The Hall–Kier alpha value is -1.75. The molecule has 1 heterocycles. The van der Waals surface area contributed by atoms with E-state index in [4.69, 9.17) is 4.74 Å². The van der Waals surface area contributed by atoms with Gasteiger partial charge in [0.2, 0.25) is 0 Å². The van der Waals surface area contributed by atoms with Crippen LogP contribution < -0.4 is 15.4 Å². The Morgan fingerprint density at radius 2 is 2.32 bits per heavy atom. The summed E-state index contributed by atoms with van der Waals surface area (Å²) in [4.78, 5) is 13.2. The van der Waals surface area contributed by atoms with E-state index >= 15 is 0 Å². The fourth-order valence-electron chi connectivity index (χ4n) is 2.23. The van der Waals surface area contributed by atoms with Crippen molar-refractivity contribution in [3.63, 3.8) is 0 Å². The van der Waals surface area contributed by atoms with E-state index in [1.54, 1.807) is 4.90 Å². The Balaban J connectivity index is 1.93. The summed E-state index contributed by atoms with van der Waals surface area (Å²) in [5.74, 6) is 0.927. The van der Waals surface area contributed by atoms with Gasteiger partial charge in [-0.25, -0.2) is 4.79 Å². The molecule has 0 unspecified atom stereocenters. The lowest BCUT2D eigenvalue weighted by atomic mass is 10.1. The van der Waals surface area contributed by atoms with Gasteiger partial charge in [-0.3, -0.25) is 0 Å². The first-order valence-corrected chi connectivity index (χ1v) is 6.61. The van der Waals surface area contributed by atoms with Gasteiger partial charge in [0, 0.05) is 25.2 Å². The standard InChI is InChI=1S/C14H21N3O2/c1-11-4-3-5-12(10-15-2)13(11)19-9-8-17-7-6-16-14(17)18/h3-5,15H,6-10H2,1-2H3,(H,16,18). The topological polar surface area (TPSA) is 53.6 Å². The minimum absolute atomic E-state index is 0.00355. The van der Waals surface area contributed by atoms with Crippen LogP contribution in [0, 0.1) is 6.92 Å². The van der Waals surface area contributed by atoms with Crippen LogP contribution in [0.5, 0.6) is 5.75 Å². The van der Waals surface area contributed by atoms with Crippen LogP contribution in [0.4, 0.5) is 4.79 Å². The van der Waals surface area contributed by atoms with Crippen molar-refractivity contribution < 1.29 is 9.53 Å². The number of benzene rings is 1. The van der Waals surface area contributed by atoms with Crippen molar-refractivity contribution in [2.45, 2.75) is 13.5 Å². The van der Waals surface area contributed by atoms with Crippen molar-refractivity contribution in [2.75, 3.05) is 33.3 Å². The molecule has 5 heteroatoms. The second kappa shape index (κ2) is 6.43. The molecule has 2 rings (SSSR count). The van der Waals surface area contributed by atoms with Crippen LogP contribution in [0.2, 0.25) is 0 Å². The van der Waals surface area contributed by atoms with E-state index in [2.05, 4.69) is 16.7 Å². The summed E-state index contributed by atoms with van der Waals surface area (Å²) in [7, 11) is 1.92. The third-order valence-corrected chi connectivity index (χ3v) is 3.21. The molecule has 2 N–H and O–H groups in total. The van der Waals surface area contributed by atoms with E-state index in [-0.39, 0.29) is 6.03 Å². The average Bonchev–Trinajstić information content (AvgIpc) is 2.79. The predicted octanol–water partition coefficient (Wildman–Crippen LogP) is 1.12. The van der Waals surface area contributed by atoms with E-state index in [0.717, 1.165) is 36.5 Å². The van der Waals surface area contributed by atoms with Gasteiger partial charge in [0.25, 0.3) is 0 Å². The minimum atomic E-state index is 0.00355. The molecule has 0 saturated carbocycles. The first-order chi connectivity index (χ1) is 9.22. The summed E-state index contributed by atoms with van der Waals surface area (Å²) in [6, 6.07) is 6.13. The number of carbonyl (C=O) groups is 1. The fraction of sp³-hybridized carbons (Fsp3) is 0.500. The molecule has 1 aliphatic rings. The van der Waals surface area contributed by atoms with Crippen molar-refractivity contribution in [2.24, 2.45) is 0 Å². The number of nitrogens with zero attached hydrogens (tertiary/aromatic N) is 1. The van der Waals surface area contributed by atoms with Crippen molar-refractivity contribution in [3.8, 4) is 5.75 Å². The number of ether oxygens (including phenoxy) is 1. The molecule has 0 aliphatic carbocycles. The quantitative estimate of drug-likeness (QED) is 0.808. The Kier molecular flexibility index (Phi) is 4.63. The molecule has 0 spiro atoms. The van der Waals surface area contributed by atoms with Gasteiger partial charge in [0.05, 0.1) is 6.54 Å². The van der Waals surface area contributed by atoms with Crippen LogP contribution in [0.1, 0.15) is 11.1 Å². The zero-order valence-corrected chi connectivity index (χ0v) is 11.5. The minimum Gasteiger partial charge on any atom is -0.491 e. The van der Waals surface area contributed by atoms with Gasteiger partial charge in [-0.05, 0) is 19.5 Å². The highest BCUT2D eigenvalue weighted by Crippen LogP contribution is 2.23. The van der Waals surface area contributed by atoms with E-state index in [0.29, 0.717) is 13.2 Å². The Morgan fingerprint density at radius 3 is 3.00 bits per heavy atom. The van der Waals surface area contributed by atoms with Crippen molar-refractivity contribution >= 4 is 6.03 Å². The second-order valence-electron chi connectivity index (χ2n) is 4.66. The zero-order chi connectivity index (χ0) is 13.7. The number of aryl methyl sites for hydroxylation is 1. The second-order valence-corrected chi connectivity index (χ2v) is 4.66. The molecule has 1 aromatic rings.